The topological polar surface area (TPSA) is 25.0 Å². The summed E-state index contributed by atoms with van der Waals surface area (Å²) in [4.78, 5) is 3.05. The number of rotatable bonds is 1. The predicted octanol–water partition coefficient (Wildman–Crippen LogP) is 2.83. The first-order chi connectivity index (χ1) is 5.83. The average Bonchev–Trinajstić information content (AvgIpc) is 2.48. The summed E-state index contributed by atoms with van der Waals surface area (Å²) in [6.07, 6.45) is 1.76. The molecule has 2 rings (SSSR count). The molecule has 3 heteroatoms. The second-order valence-corrected chi connectivity index (χ2v) is 2.93. The van der Waals surface area contributed by atoms with E-state index < -0.39 is 0 Å². The van der Waals surface area contributed by atoms with Gasteiger partial charge in [0.1, 0.15) is 5.75 Å². The van der Waals surface area contributed by atoms with Crippen molar-refractivity contribution in [1.82, 2.24) is 4.98 Å². The lowest BCUT2D eigenvalue weighted by Gasteiger charge is -2.00. The minimum Gasteiger partial charge on any atom is -0.496 e. The zero-order chi connectivity index (χ0) is 8.55. The molecule has 1 aromatic carbocycles. The summed E-state index contributed by atoms with van der Waals surface area (Å²) in [6.45, 7) is 0. The lowest BCUT2D eigenvalue weighted by Crippen LogP contribution is -1.82. The van der Waals surface area contributed by atoms with Crippen LogP contribution in [0, 0.1) is 0 Å². The molecule has 1 heterocycles. The molecular formula is C9H8ClNO. The minimum absolute atomic E-state index is 0.697. The van der Waals surface area contributed by atoms with Gasteiger partial charge in [-0.3, -0.25) is 0 Å². The molecule has 0 fully saturated rings. The summed E-state index contributed by atoms with van der Waals surface area (Å²) < 4.78 is 5.16. The molecule has 1 N–H and O–H groups in total. The maximum Gasteiger partial charge on any atom is 0.129 e. The van der Waals surface area contributed by atoms with Gasteiger partial charge in [-0.25, -0.2) is 0 Å². The van der Waals surface area contributed by atoms with Gasteiger partial charge in [-0.05, 0) is 12.1 Å². The number of methoxy groups -OCH3 is 1. The monoisotopic (exact) mass is 181 g/mol. The van der Waals surface area contributed by atoms with Crippen molar-refractivity contribution in [2.75, 3.05) is 7.11 Å². The van der Waals surface area contributed by atoms with Crippen molar-refractivity contribution in [1.29, 1.82) is 0 Å². The molecule has 0 bridgehead atoms. The summed E-state index contributed by atoms with van der Waals surface area (Å²) in [5.41, 5.74) is 0.999. The number of nitrogens with one attached hydrogen (secondary N) is 1. The van der Waals surface area contributed by atoms with Crippen LogP contribution in [0.5, 0.6) is 5.75 Å². The summed E-state index contributed by atoms with van der Waals surface area (Å²) in [5, 5.41) is 1.64. The summed E-state index contributed by atoms with van der Waals surface area (Å²) >= 11 is 5.95. The fraction of sp³-hybridized carbons (Fsp3) is 0.111. The molecule has 0 unspecified atom stereocenters. The molecule has 0 radical (unpaired) electrons. The van der Waals surface area contributed by atoms with E-state index in [0.717, 1.165) is 16.7 Å². The summed E-state index contributed by atoms with van der Waals surface area (Å²) in [5.74, 6) is 0.804. The molecule has 12 heavy (non-hydrogen) atoms. The second kappa shape index (κ2) is 2.72. The first-order valence-corrected chi connectivity index (χ1v) is 4.00. The molecule has 0 aliphatic heterocycles. The van der Waals surface area contributed by atoms with Gasteiger partial charge in [-0.1, -0.05) is 17.7 Å². The van der Waals surface area contributed by atoms with E-state index in [1.165, 1.54) is 0 Å². The number of benzene rings is 1. The number of H-pyrrole nitrogens is 1. The van der Waals surface area contributed by atoms with Gasteiger partial charge in [0.2, 0.25) is 0 Å². The lowest BCUT2D eigenvalue weighted by atomic mass is 10.2. The van der Waals surface area contributed by atoms with Crippen LogP contribution in [0.3, 0.4) is 0 Å². The van der Waals surface area contributed by atoms with Gasteiger partial charge in [0, 0.05) is 6.20 Å². The van der Waals surface area contributed by atoms with Crippen LogP contribution < -0.4 is 4.74 Å². The fourth-order valence-electron chi connectivity index (χ4n) is 1.28. The molecule has 62 valence electrons. The van der Waals surface area contributed by atoms with Gasteiger partial charge in [-0.15, -0.1) is 0 Å². The van der Waals surface area contributed by atoms with Crippen molar-refractivity contribution < 1.29 is 4.74 Å². The smallest absolute Gasteiger partial charge is 0.129 e. The van der Waals surface area contributed by atoms with Crippen molar-refractivity contribution >= 4 is 22.5 Å². The number of halogens is 1. The van der Waals surface area contributed by atoms with E-state index in [4.69, 9.17) is 16.3 Å². The van der Waals surface area contributed by atoms with E-state index in [2.05, 4.69) is 4.98 Å². The van der Waals surface area contributed by atoms with Gasteiger partial charge in [-0.2, -0.15) is 0 Å². The van der Waals surface area contributed by atoms with Gasteiger partial charge < -0.3 is 9.72 Å². The van der Waals surface area contributed by atoms with Gasteiger partial charge in [0.25, 0.3) is 0 Å². The Morgan fingerprint density at radius 1 is 1.42 bits per heavy atom. The van der Waals surface area contributed by atoms with Crippen LogP contribution in [-0.2, 0) is 0 Å². The number of aromatic amines is 1. The third-order valence-electron chi connectivity index (χ3n) is 1.84. The van der Waals surface area contributed by atoms with Crippen LogP contribution in [0.4, 0.5) is 0 Å². The number of fused-ring (bicyclic) bond motifs is 1. The van der Waals surface area contributed by atoms with Crippen molar-refractivity contribution in [3.8, 4) is 5.75 Å². The Balaban J connectivity index is 2.84. The Labute approximate surface area is 75.1 Å². The highest BCUT2D eigenvalue weighted by Crippen LogP contribution is 2.31. The predicted molar refractivity (Wildman–Crippen MR) is 49.9 cm³/mol. The molecular weight excluding hydrogens is 174 g/mol. The SMILES string of the molecule is COc1cccc2[nH]cc(Cl)c12. The molecule has 0 amide bonds. The first-order valence-electron chi connectivity index (χ1n) is 3.62. The number of aromatic nitrogens is 1. The van der Waals surface area contributed by atoms with Gasteiger partial charge in [0.05, 0.1) is 23.0 Å². The third kappa shape index (κ3) is 0.959. The van der Waals surface area contributed by atoms with Crippen LogP contribution in [0.15, 0.2) is 24.4 Å². The van der Waals surface area contributed by atoms with E-state index in [0.29, 0.717) is 5.02 Å². The Morgan fingerprint density at radius 3 is 3.00 bits per heavy atom. The van der Waals surface area contributed by atoms with E-state index >= 15 is 0 Å². The highest BCUT2D eigenvalue weighted by atomic mass is 35.5. The van der Waals surface area contributed by atoms with Crippen molar-refractivity contribution in [3.63, 3.8) is 0 Å². The summed E-state index contributed by atoms with van der Waals surface area (Å²) in [6, 6.07) is 5.78. The minimum atomic E-state index is 0.697. The Morgan fingerprint density at radius 2 is 2.25 bits per heavy atom. The number of hydrogen-bond acceptors (Lipinski definition) is 1. The first kappa shape index (κ1) is 7.50. The van der Waals surface area contributed by atoms with Gasteiger partial charge >= 0.3 is 0 Å². The van der Waals surface area contributed by atoms with E-state index in [1.807, 2.05) is 18.2 Å². The Kier molecular flexibility index (Phi) is 1.70. The zero-order valence-electron chi connectivity index (χ0n) is 6.60. The van der Waals surface area contributed by atoms with Crippen LogP contribution in [0.25, 0.3) is 10.9 Å². The van der Waals surface area contributed by atoms with E-state index in [1.54, 1.807) is 13.3 Å². The largest absolute Gasteiger partial charge is 0.496 e. The van der Waals surface area contributed by atoms with Crippen molar-refractivity contribution in [2.24, 2.45) is 0 Å². The highest BCUT2D eigenvalue weighted by molar-refractivity contribution is 6.36. The van der Waals surface area contributed by atoms with Crippen LogP contribution in [0.1, 0.15) is 0 Å². The lowest BCUT2D eigenvalue weighted by molar-refractivity contribution is 0.420. The van der Waals surface area contributed by atoms with E-state index in [-0.39, 0.29) is 0 Å². The zero-order valence-corrected chi connectivity index (χ0v) is 7.35. The fourth-order valence-corrected chi connectivity index (χ4v) is 1.53. The second-order valence-electron chi connectivity index (χ2n) is 2.52. The van der Waals surface area contributed by atoms with Gasteiger partial charge in [0.15, 0.2) is 0 Å². The molecule has 1 aromatic heterocycles. The molecule has 0 spiro atoms. The number of ether oxygens (including phenoxy) is 1. The standard InChI is InChI=1S/C9H8ClNO/c1-12-8-4-2-3-7-9(8)6(10)5-11-7/h2-5,11H,1H3. The number of hydrogen-bond donors (Lipinski definition) is 1. The molecule has 2 aromatic rings. The quantitative estimate of drug-likeness (QED) is 0.719. The van der Waals surface area contributed by atoms with Crippen LogP contribution >= 0.6 is 11.6 Å². The molecule has 2 nitrogen and oxygen atoms in total. The molecule has 0 saturated heterocycles. The van der Waals surface area contributed by atoms with Crippen LogP contribution in [0.2, 0.25) is 5.02 Å². The molecule has 0 aliphatic rings. The maximum atomic E-state index is 5.95. The molecule has 0 aliphatic carbocycles. The van der Waals surface area contributed by atoms with Crippen molar-refractivity contribution in [2.45, 2.75) is 0 Å². The molecule has 0 atom stereocenters. The van der Waals surface area contributed by atoms with Crippen LogP contribution in [-0.4, -0.2) is 12.1 Å². The summed E-state index contributed by atoms with van der Waals surface area (Å²) in [7, 11) is 1.64. The Hall–Kier alpha value is -1.15. The average molecular weight is 182 g/mol. The Bertz CT molecular complexity index is 408. The molecule has 0 saturated carbocycles. The maximum absolute atomic E-state index is 5.95. The highest BCUT2D eigenvalue weighted by Gasteiger charge is 2.05. The van der Waals surface area contributed by atoms with Crippen molar-refractivity contribution in [3.05, 3.63) is 29.4 Å². The third-order valence-corrected chi connectivity index (χ3v) is 2.14. The van der Waals surface area contributed by atoms with E-state index in [9.17, 15) is 0 Å². The normalized spacial score (nSPS) is 10.5.